The van der Waals surface area contributed by atoms with Crippen LogP contribution in [0.5, 0.6) is 0 Å². The van der Waals surface area contributed by atoms with Gasteiger partial charge in [0, 0.05) is 10.6 Å². The molecule has 2 amide bonds. The van der Waals surface area contributed by atoms with Gasteiger partial charge in [-0.2, -0.15) is 0 Å². The summed E-state index contributed by atoms with van der Waals surface area (Å²) < 4.78 is 18.5. The minimum atomic E-state index is -0.578. The molecule has 31 heavy (non-hydrogen) atoms. The van der Waals surface area contributed by atoms with Gasteiger partial charge in [-0.05, 0) is 67.6 Å². The molecule has 0 aliphatic heterocycles. The van der Waals surface area contributed by atoms with Gasteiger partial charge in [0.1, 0.15) is 11.4 Å². The van der Waals surface area contributed by atoms with Crippen LogP contribution in [-0.2, 0) is 16.0 Å². The average molecular weight is 441 g/mol. The summed E-state index contributed by atoms with van der Waals surface area (Å²) >= 11 is 1.53. The Hall–Kier alpha value is -3.19. The van der Waals surface area contributed by atoms with E-state index in [1.54, 1.807) is 57.2 Å². The Morgan fingerprint density at radius 1 is 1.03 bits per heavy atom. The van der Waals surface area contributed by atoms with Crippen LogP contribution in [-0.4, -0.2) is 17.6 Å². The van der Waals surface area contributed by atoms with Gasteiger partial charge in [-0.25, -0.2) is 9.18 Å². The summed E-state index contributed by atoms with van der Waals surface area (Å²) in [5, 5.41) is 7.64. The number of benzene rings is 2. The summed E-state index contributed by atoms with van der Waals surface area (Å²) in [4.78, 5) is 25.5. The molecule has 0 bridgehead atoms. The van der Waals surface area contributed by atoms with Crippen LogP contribution in [0.2, 0.25) is 0 Å². The Balaban J connectivity index is 1.63. The summed E-state index contributed by atoms with van der Waals surface area (Å²) in [5.41, 5.74) is 1.62. The van der Waals surface area contributed by atoms with Crippen LogP contribution in [0.3, 0.4) is 0 Å². The zero-order valence-electron chi connectivity index (χ0n) is 17.6. The molecule has 5 nitrogen and oxygen atoms in total. The molecule has 1 aromatic heterocycles. The fourth-order valence-electron chi connectivity index (χ4n) is 2.95. The monoisotopic (exact) mass is 440 g/mol. The zero-order valence-corrected chi connectivity index (χ0v) is 18.5. The maximum absolute atomic E-state index is 13.3. The number of hydrogen-bond donors (Lipinski definition) is 2. The molecule has 3 aromatic rings. The summed E-state index contributed by atoms with van der Waals surface area (Å²) in [6.07, 6.45) is -0.355. The first-order chi connectivity index (χ1) is 14.7. The largest absolute Gasteiger partial charge is 0.444 e. The van der Waals surface area contributed by atoms with E-state index in [2.05, 4.69) is 10.6 Å². The standard InChI is InChI=1S/C24H25FN2O3S/c1-24(2,3)30-23(29)26-19-12-6-16(7-13-19)15-21(28)27-22(20-5-4-14-31-20)17-8-10-18(25)11-9-17/h4-14,22H,15H2,1-3H3,(H,26,29)(H,27,28). The molecule has 0 saturated heterocycles. The fraction of sp³-hybridized carbons (Fsp3) is 0.250. The summed E-state index contributed by atoms with van der Waals surface area (Å²) in [6, 6.07) is 16.7. The molecule has 0 aliphatic carbocycles. The number of nitrogens with one attached hydrogen (secondary N) is 2. The van der Waals surface area contributed by atoms with E-state index in [-0.39, 0.29) is 24.2 Å². The molecule has 1 unspecified atom stereocenters. The van der Waals surface area contributed by atoms with Crippen LogP contribution >= 0.6 is 11.3 Å². The normalized spacial score (nSPS) is 12.1. The number of thiophene rings is 1. The van der Waals surface area contributed by atoms with Crippen molar-refractivity contribution in [2.75, 3.05) is 5.32 Å². The molecule has 3 rings (SSSR count). The highest BCUT2D eigenvalue weighted by Gasteiger charge is 2.19. The van der Waals surface area contributed by atoms with Crippen LogP contribution in [0, 0.1) is 5.82 Å². The average Bonchev–Trinajstić information content (AvgIpc) is 3.21. The predicted molar refractivity (Wildman–Crippen MR) is 121 cm³/mol. The van der Waals surface area contributed by atoms with Crippen molar-refractivity contribution in [1.29, 1.82) is 0 Å². The van der Waals surface area contributed by atoms with Gasteiger partial charge in [0.15, 0.2) is 0 Å². The fourth-order valence-corrected chi connectivity index (χ4v) is 3.76. The van der Waals surface area contributed by atoms with Crippen LogP contribution < -0.4 is 10.6 Å². The Morgan fingerprint density at radius 2 is 1.71 bits per heavy atom. The molecule has 0 aliphatic rings. The molecule has 2 N–H and O–H groups in total. The van der Waals surface area contributed by atoms with E-state index in [9.17, 15) is 14.0 Å². The van der Waals surface area contributed by atoms with E-state index in [0.717, 1.165) is 16.0 Å². The summed E-state index contributed by atoms with van der Waals surface area (Å²) in [7, 11) is 0. The second-order valence-corrected chi connectivity index (χ2v) is 9.05. The van der Waals surface area contributed by atoms with Gasteiger partial charge in [0.25, 0.3) is 0 Å². The van der Waals surface area contributed by atoms with Crippen molar-refractivity contribution in [3.05, 3.63) is 87.9 Å². The van der Waals surface area contributed by atoms with Crippen molar-refractivity contribution in [2.45, 2.75) is 38.8 Å². The van der Waals surface area contributed by atoms with Crippen LogP contribution in [0.4, 0.5) is 14.9 Å². The first-order valence-corrected chi connectivity index (χ1v) is 10.7. The van der Waals surface area contributed by atoms with Gasteiger partial charge in [-0.15, -0.1) is 11.3 Å². The third-order valence-electron chi connectivity index (χ3n) is 4.30. The SMILES string of the molecule is CC(C)(C)OC(=O)Nc1ccc(CC(=O)NC(c2ccc(F)cc2)c2cccs2)cc1. The molecule has 0 fully saturated rings. The number of ether oxygens (including phenoxy) is 1. The molecule has 162 valence electrons. The Morgan fingerprint density at radius 3 is 2.29 bits per heavy atom. The first kappa shape index (κ1) is 22.5. The topological polar surface area (TPSA) is 67.4 Å². The van der Waals surface area contributed by atoms with Crippen LogP contribution in [0.1, 0.15) is 42.8 Å². The lowest BCUT2D eigenvalue weighted by molar-refractivity contribution is -0.120. The summed E-state index contributed by atoms with van der Waals surface area (Å²) in [5.74, 6) is -0.476. The minimum absolute atomic E-state index is 0.157. The van der Waals surface area contributed by atoms with Crippen molar-refractivity contribution in [3.63, 3.8) is 0 Å². The number of anilines is 1. The molecule has 2 aromatic carbocycles. The molecule has 0 radical (unpaired) electrons. The maximum Gasteiger partial charge on any atom is 0.412 e. The number of carbonyl (C=O) groups is 2. The van der Waals surface area contributed by atoms with Gasteiger partial charge in [-0.1, -0.05) is 30.3 Å². The Kier molecular flexibility index (Phi) is 7.07. The van der Waals surface area contributed by atoms with E-state index in [0.29, 0.717) is 5.69 Å². The lowest BCUT2D eigenvalue weighted by Crippen LogP contribution is -2.30. The third-order valence-corrected chi connectivity index (χ3v) is 5.24. The third kappa shape index (κ3) is 6.93. The van der Waals surface area contributed by atoms with Gasteiger partial charge in [0.2, 0.25) is 5.91 Å². The molecular formula is C24H25FN2O3S. The molecule has 1 atom stereocenters. The van der Waals surface area contributed by atoms with Crippen molar-refractivity contribution >= 4 is 29.0 Å². The van der Waals surface area contributed by atoms with Crippen LogP contribution in [0.25, 0.3) is 0 Å². The molecule has 0 spiro atoms. The second kappa shape index (κ2) is 9.75. The van der Waals surface area contributed by atoms with Crippen LogP contribution in [0.15, 0.2) is 66.0 Å². The highest BCUT2D eigenvalue weighted by molar-refractivity contribution is 7.10. The second-order valence-electron chi connectivity index (χ2n) is 8.07. The molecule has 0 saturated carbocycles. The van der Waals surface area contributed by atoms with Crippen molar-refractivity contribution < 1.29 is 18.7 Å². The maximum atomic E-state index is 13.3. The number of carbonyl (C=O) groups excluding carboxylic acids is 2. The number of amides is 2. The lowest BCUT2D eigenvalue weighted by atomic mass is 10.0. The van der Waals surface area contributed by atoms with E-state index < -0.39 is 11.7 Å². The van der Waals surface area contributed by atoms with E-state index in [1.165, 1.54) is 23.5 Å². The van der Waals surface area contributed by atoms with E-state index >= 15 is 0 Å². The highest BCUT2D eigenvalue weighted by atomic mass is 32.1. The van der Waals surface area contributed by atoms with E-state index in [1.807, 2.05) is 17.5 Å². The number of halogens is 1. The van der Waals surface area contributed by atoms with Gasteiger partial charge >= 0.3 is 6.09 Å². The first-order valence-electron chi connectivity index (χ1n) is 9.87. The summed E-state index contributed by atoms with van der Waals surface area (Å²) in [6.45, 7) is 5.39. The molecule has 7 heteroatoms. The van der Waals surface area contributed by atoms with E-state index in [4.69, 9.17) is 4.74 Å². The minimum Gasteiger partial charge on any atom is -0.444 e. The number of hydrogen-bond acceptors (Lipinski definition) is 4. The van der Waals surface area contributed by atoms with Crippen molar-refractivity contribution in [1.82, 2.24) is 5.32 Å². The Bertz CT molecular complexity index is 1010. The predicted octanol–water partition coefficient (Wildman–Crippen LogP) is 5.68. The van der Waals surface area contributed by atoms with Gasteiger partial charge in [-0.3, -0.25) is 10.1 Å². The Labute approximate surface area is 185 Å². The lowest BCUT2D eigenvalue weighted by Gasteiger charge is -2.20. The highest BCUT2D eigenvalue weighted by Crippen LogP contribution is 2.26. The van der Waals surface area contributed by atoms with Crippen molar-refractivity contribution in [2.24, 2.45) is 0 Å². The quantitative estimate of drug-likeness (QED) is 0.518. The van der Waals surface area contributed by atoms with Crippen molar-refractivity contribution in [3.8, 4) is 0 Å². The van der Waals surface area contributed by atoms with Gasteiger partial charge in [0.05, 0.1) is 12.5 Å². The molecule has 1 heterocycles. The smallest absolute Gasteiger partial charge is 0.412 e. The van der Waals surface area contributed by atoms with Gasteiger partial charge < -0.3 is 10.1 Å². The zero-order chi connectivity index (χ0) is 22.4. The molecular weight excluding hydrogens is 415 g/mol. The number of rotatable bonds is 6.